The maximum absolute atomic E-state index is 13.6. The number of hydrogen-bond acceptors (Lipinski definition) is 1. The standard InChI is InChI=1S/C17H23F2NSi/c1-2-3-12-4-6-13(7-5-12)11-21-14-8-16(18)15(10-20)17(19)9-14/h8-9,12-13H,2-7,11,21H2,1H3/t12-,13-. The van der Waals surface area contributed by atoms with E-state index in [1.165, 1.54) is 50.7 Å². The van der Waals surface area contributed by atoms with Crippen LogP contribution < -0.4 is 5.19 Å². The molecule has 0 spiro atoms. The molecule has 0 heterocycles. The van der Waals surface area contributed by atoms with Crippen LogP contribution in [-0.2, 0) is 0 Å². The first kappa shape index (κ1) is 16.2. The molecule has 21 heavy (non-hydrogen) atoms. The van der Waals surface area contributed by atoms with Gasteiger partial charge in [0.2, 0.25) is 0 Å². The summed E-state index contributed by atoms with van der Waals surface area (Å²) in [7, 11) is -0.641. The van der Waals surface area contributed by atoms with Gasteiger partial charge in [-0.1, -0.05) is 56.7 Å². The molecule has 0 unspecified atom stereocenters. The van der Waals surface area contributed by atoms with E-state index in [9.17, 15) is 8.78 Å². The molecular weight excluding hydrogens is 284 g/mol. The Kier molecular flexibility index (Phi) is 5.92. The van der Waals surface area contributed by atoms with Gasteiger partial charge in [-0.3, -0.25) is 0 Å². The van der Waals surface area contributed by atoms with Gasteiger partial charge in [0.1, 0.15) is 23.3 Å². The topological polar surface area (TPSA) is 23.8 Å². The Morgan fingerprint density at radius 3 is 2.24 bits per heavy atom. The molecule has 114 valence electrons. The van der Waals surface area contributed by atoms with Gasteiger partial charge in [-0.05, 0) is 24.0 Å². The quantitative estimate of drug-likeness (QED) is 0.762. The van der Waals surface area contributed by atoms with Gasteiger partial charge in [-0.15, -0.1) is 0 Å². The second-order valence-electron chi connectivity index (χ2n) is 6.26. The zero-order valence-electron chi connectivity index (χ0n) is 12.7. The van der Waals surface area contributed by atoms with Crippen LogP contribution in [-0.4, -0.2) is 9.52 Å². The summed E-state index contributed by atoms with van der Waals surface area (Å²) in [5.74, 6) is 0.238. The van der Waals surface area contributed by atoms with Crippen molar-refractivity contribution in [3.8, 4) is 6.07 Å². The maximum Gasteiger partial charge on any atom is 0.143 e. The molecule has 0 amide bonds. The molecule has 0 atom stereocenters. The first-order valence-corrected chi connectivity index (χ1v) is 9.72. The Balaban J connectivity index is 1.86. The van der Waals surface area contributed by atoms with Gasteiger partial charge in [0, 0.05) is 0 Å². The van der Waals surface area contributed by atoms with Gasteiger partial charge in [0.15, 0.2) is 0 Å². The molecule has 1 nitrogen and oxygen atoms in total. The van der Waals surface area contributed by atoms with Crippen molar-refractivity contribution in [2.75, 3.05) is 0 Å². The number of rotatable bonds is 5. The van der Waals surface area contributed by atoms with Crippen LogP contribution in [0.3, 0.4) is 0 Å². The summed E-state index contributed by atoms with van der Waals surface area (Å²) in [6.07, 6.45) is 7.81. The van der Waals surface area contributed by atoms with E-state index in [-0.39, 0.29) is 0 Å². The Morgan fingerprint density at radius 1 is 1.14 bits per heavy atom. The lowest BCUT2D eigenvalue weighted by molar-refractivity contribution is 0.276. The van der Waals surface area contributed by atoms with Gasteiger partial charge in [-0.2, -0.15) is 5.26 Å². The summed E-state index contributed by atoms with van der Waals surface area (Å²) in [6, 6.07) is 5.45. The number of benzene rings is 1. The molecule has 1 aliphatic carbocycles. The van der Waals surface area contributed by atoms with Crippen molar-refractivity contribution in [1.29, 1.82) is 5.26 Å². The average molecular weight is 307 g/mol. The summed E-state index contributed by atoms with van der Waals surface area (Å²) in [5, 5.41) is 9.48. The molecule has 0 N–H and O–H groups in total. The monoisotopic (exact) mass is 307 g/mol. The molecule has 1 aliphatic rings. The van der Waals surface area contributed by atoms with E-state index >= 15 is 0 Å². The SMILES string of the molecule is CCC[C@H]1CC[C@H](C[SiH2]c2cc(F)c(C#N)c(F)c2)CC1. The van der Waals surface area contributed by atoms with E-state index in [0.29, 0.717) is 0 Å². The van der Waals surface area contributed by atoms with Crippen molar-refractivity contribution in [2.24, 2.45) is 11.8 Å². The molecule has 0 radical (unpaired) electrons. The van der Waals surface area contributed by atoms with Crippen molar-refractivity contribution >= 4 is 14.7 Å². The second-order valence-corrected chi connectivity index (χ2v) is 8.15. The van der Waals surface area contributed by atoms with Crippen molar-refractivity contribution in [2.45, 2.75) is 51.5 Å². The van der Waals surface area contributed by atoms with E-state index in [2.05, 4.69) is 6.92 Å². The van der Waals surface area contributed by atoms with Crippen molar-refractivity contribution in [3.05, 3.63) is 29.3 Å². The molecule has 1 fully saturated rings. The Labute approximate surface area is 128 Å². The predicted octanol–water partition coefficient (Wildman–Crippen LogP) is 3.66. The van der Waals surface area contributed by atoms with E-state index in [1.54, 1.807) is 6.07 Å². The largest absolute Gasteiger partial charge is 0.205 e. The van der Waals surface area contributed by atoms with Crippen molar-refractivity contribution in [3.63, 3.8) is 0 Å². The van der Waals surface area contributed by atoms with Crippen molar-refractivity contribution in [1.82, 2.24) is 0 Å². The maximum atomic E-state index is 13.6. The van der Waals surface area contributed by atoms with E-state index in [4.69, 9.17) is 5.26 Å². The average Bonchev–Trinajstić information content (AvgIpc) is 2.47. The van der Waals surface area contributed by atoms with Gasteiger partial charge in [-0.25, -0.2) is 8.78 Å². The van der Waals surface area contributed by atoms with Crippen LogP contribution in [0.25, 0.3) is 0 Å². The van der Waals surface area contributed by atoms with Gasteiger partial charge in [0.05, 0.1) is 9.52 Å². The van der Waals surface area contributed by atoms with Crippen LogP contribution in [0.1, 0.15) is 51.0 Å². The molecular formula is C17H23F2NSi. The minimum Gasteiger partial charge on any atom is -0.205 e. The lowest BCUT2D eigenvalue weighted by atomic mass is 9.81. The minimum atomic E-state index is -0.702. The van der Waals surface area contributed by atoms with Crippen molar-refractivity contribution < 1.29 is 8.78 Å². The number of nitrogens with zero attached hydrogens (tertiary/aromatic N) is 1. The van der Waals surface area contributed by atoms with Crippen LogP contribution >= 0.6 is 0 Å². The van der Waals surface area contributed by atoms with E-state index < -0.39 is 26.7 Å². The molecule has 0 aromatic heterocycles. The normalized spacial score (nSPS) is 22.6. The van der Waals surface area contributed by atoms with E-state index in [1.807, 2.05) is 0 Å². The smallest absolute Gasteiger partial charge is 0.143 e. The molecule has 1 saturated carbocycles. The van der Waals surface area contributed by atoms with Gasteiger partial charge < -0.3 is 0 Å². The number of hydrogen-bond donors (Lipinski definition) is 0. The van der Waals surface area contributed by atoms with Crippen LogP contribution in [0.4, 0.5) is 8.78 Å². The Bertz CT molecular complexity index is 493. The van der Waals surface area contributed by atoms with Crippen LogP contribution in [0, 0.1) is 34.8 Å². The first-order chi connectivity index (χ1) is 10.1. The fourth-order valence-corrected chi connectivity index (χ4v) is 5.43. The molecule has 0 saturated heterocycles. The van der Waals surface area contributed by atoms with Crippen LogP contribution in [0.2, 0.25) is 6.04 Å². The lowest BCUT2D eigenvalue weighted by Crippen LogP contribution is -2.22. The zero-order chi connectivity index (χ0) is 15.2. The third-order valence-corrected chi connectivity index (χ3v) is 6.81. The lowest BCUT2D eigenvalue weighted by Gasteiger charge is -2.28. The summed E-state index contributed by atoms with van der Waals surface area (Å²) < 4.78 is 27.1. The van der Waals surface area contributed by atoms with Gasteiger partial charge in [0.25, 0.3) is 0 Å². The fraction of sp³-hybridized carbons (Fsp3) is 0.588. The molecule has 0 aliphatic heterocycles. The van der Waals surface area contributed by atoms with E-state index in [0.717, 1.165) is 23.1 Å². The molecule has 4 heteroatoms. The molecule has 1 aromatic rings. The minimum absolute atomic E-state index is 0.451. The molecule has 1 aromatic carbocycles. The third kappa shape index (κ3) is 4.37. The second kappa shape index (κ2) is 7.70. The fourth-order valence-electron chi connectivity index (χ4n) is 3.46. The summed E-state index contributed by atoms with van der Waals surface area (Å²) in [4.78, 5) is 0. The Hall–Kier alpha value is -1.21. The molecule has 2 rings (SSSR count). The summed E-state index contributed by atoms with van der Waals surface area (Å²) in [6.45, 7) is 2.24. The summed E-state index contributed by atoms with van der Waals surface area (Å²) in [5.41, 5.74) is -0.451. The highest BCUT2D eigenvalue weighted by atomic mass is 28.2. The zero-order valence-corrected chi connectivity index (χ0v) is 14.1. The van der Waals surface area contributed by atoms with Crippen LogP contribution in [0.15, 0.2) is 12.1 Å². The summed E-state index contributed by atoms with van der Waals surface area (Å²) >= 11 is 0. The van der Waals surface area contributed by atoms with Gasteiger partial charge >= 0.3 is 0 Å². The molecule has 0 bridgehead atoms. The number of nitriles is 1. The number of halogens is 2. The predicted molar refractivity (Wildman–Crippen MR) is 84.4 cm³/mol. The third-order valence-electron chi connectivity index (χ3n) is 4.72. The highest BCUT2D eigenvalue weighted by Gasteiger charge is 2.20. The van der Waals surface area contributed by atoms with Crippen LogP contribution in [0.5, 0.6) is 0 Å². The highest BCUT2D eigenvalue weighted by Crippen LogP contribution is 2.33. The first-order valence-electron chi connectivity index (χ1n) is 8.02. The Morgan fingerprint density at radius 2 is 1.71 bits per heavy atom. The highest BCUT2D eigenvalue weighted by molar-refractivity contribution is 6.53.